The lowest BCUT2D eigenvalue weighted by atomic mass is 10.1. The number of nitrogens with one attached hydrogen (secondary N) is 1. The first-order valence-corrected chi connectivity index (χ1v) is 9.67. The van der Waals surface area contributed by atoms with E-state index in [0.29, 0.717) is 36.0 Å². The molecule has 30 heavy (non-hydrogen) atoms. The van der Waals surface area contributed by atoms with Gasteiger partial charge in [-0.1, -0.05) is 18.2 Å². The summed E-state index contributed by atoms with van der Waals surface area (Å²) in [5, 5.41) is 2.90. The monoisotopic (exact) mass is 409 g/mol. The quantitative estimate of drug-likeness (QED) is 0.596. The van der Waals surface area contributed by atoms with E-state index < -0.39 is 0 Å². The Hall–Kier alpha value is -3.41. The van der Waals surface area contributed by atoms with Gasteiger partial charge in [0.1, 0.15) is 23.0 Å². The summed E-state index contributed by atoms with van der Waals surface area (Å²) in [6.45, 7) is 4.56. The van der Waals surface area contributed by atoms with Crippen molar-refractivity contribution in [3.05, 3.63) is 76.2 Å². The van der Waals surface area contributed by atoms with E-state index in [1.165, 1.54) is 11.1 Å². The third-order valence-electron chi connectivity index (χ3n) is 5.08. The minimum absolute atomic E-state index is 0.256. The molecule has 1 aromatic heterocycles. The van der Waals surface area contributed by atoms with Crippen molar-refractivity contribution in [1.29, 1.82) is 0 Å². The maximum atomic E-state index is 12.5. The summed E-state index contributed by atoms with van der Waals surface area (Å²) in [6.07, 6.45) is 0.417. The average molecular weight is 409 g/mol. The van der Waals surface area contributed by atoms with Gasteiger partial charge in [-0.15, -0.1) is 0 Å². The Balaban J connectivity index is 1.72. The van der Waals surface area contributed by atoms with Crippen molar-refractivity contribution in [3.63, 3.8) is 0 Å². The van der Waals surface area contributed by atoms with Gasteiger partial charge in [-0.05, 0) is 42.7 Å². The van der Waals surface area contributed by atoms with E-state index in [9.17, 15) is 4.79 Å². The van der Waals surface area contributed by atoms with Crippen LogP contribution in [0.25, 0.3) is 0 Å². The molecule has 2 aromatic carbocycles. The number of amides is 1. The van der Waals surface area contributed by atoms with Crippen LogP contribution in [0.1, 0.15) is 38.6 Å². The fourth-order valence-electron chi connectivity index (χ4n) is 3.20. The average Bonchev–Trinajstić information content (AvgIpc) is 3.23. The fraction of sp³-hybridized carbons (Fsp3) is 0.292. The number of hydrogen-bond donors (Lipinski definition) is 1. The molecule has 1 amide bonds. The number of carbonyl (C=O) groups excluding carboxylic acids is 1. The Kier molecular flexibility index (Phi) is 6.67. The topological polar surface area (TPSA) is 69.9 Å². The molecule has 0 saturated carbocycles. The van der Waals surface area contributed by atoms with Gasteiger partial charge in [-0.3, -0.25) is 4.79 Å². The second-order valence-electron chi connectivity index (χ2n) is 7.05. The van der Waals surface area contributed by atoms with E-state index in [2.05, 4.69) is 31.3 Å². The minimum atomic E-state index is -0.256. The van der Waals surface area contributed by atoms with Crippen molar-refractivity contribution in [2.75, 3.05) is 21.3 Å². The van der Waals surface area contributed by atoms with Crippen molar-refractivity contribution in [1.82, 2.24) is 5.32 Å². The molecule has 0 fully saturated rings. The van der Waals surface area contributed by atoms with Crippen LogP contribution in [-0.2, 0) is 13.0 Å². The normalized spacial score (nSPS) is 10.6. The maximum Gasteiger partial charge on any atom is 0.287 e. The van der Waals surface area contributed by atoms with Crippen LogP contribution in [0.15, 0.2) is 46.9 Å². The highest BCUT2D eigenvalue weighted by Crippen LogP contribution is 2.35. The zero-order chi connectivity index (χ0) is 21.7. The first kappa shape index (κ1) is 21.3. The molecule has 0 aliphatic carbocycles. The summed E-state index contributed by atoms with van der Waals surface area (Å²) < 4.78 is 22.0. The zero-order valence-electron chi connectivity index (χ0n) is 18.0. The second-order valence-corrected chi connectivity index (χ2v) is 7.05. The van der Waals surface area contributed by atoms with Gasteiger partial charge in [-0.25, -0.2) is 0 Å². The lowest BCUT2D eigenvalue weighted by molar-refractivity contribution is 0.0921. The molecule has 6 heteroatoms. The van der Waals surface area contributed by atoms with Crippen LogP contribution in [0.2, 0.25) is 0 Å². The Morgan fingerprint density at radius 1 is 0.900 bits per heavy atom. The van der Waals surface area contributed by atoms with Crippen LogP contribution in [0, 0.1) is 13.8 Å². The van der Waals surface area contributed by atoms with E-state index in [1.807, 2.05) is 6.07 Å². The van der Waals surface area contributed by atoms with Gasteiger partial charge in [-0.2, -0.15) is 0 Å². The van der Waals surface area contributed by atoms with Crippen LogP contribution in [0.4, 0.5) is 0 Å². The van der Waals surface area contributed by atoms with Crippen molar-refractivity contribution in [2.24, 2.45) is 0 Å². The first-order valence-electron chi connectivity index (χ1n) is 9.67. The van der Waals surface area contributed by atoms with Gasteiger partial charge in [0.15, 0.2) is 5.76 Å². The molecule has 3 aromatic rings. The third-order valence-corrected chi connectivity index (χ3v) is 5.08. The number of ether oxygens (including phenoxy) is 3. The van der Waals surface area contributed by atoms with Gasteiger partial charge in [0.25, 0.3) is 5.91 Å². The summed E-state index contributed by atoms with van der Waals surface area (Å²) in [5.74, 6) is 2.53. The van der Waals surface area contributed by atoms with Gasteiger partial charge in [0.2, 0.25) is 0 Å². The highest BCUT2D eigenvalue weighted by Gasteiger charge is 2.17. The standard InChI is InChI=1S/C24H27NO5/c1-15-6-7-17(10-16(15)2)14-25-24(26)21-9-8-18(30-21)11-20-22(28-4)12-19(27-3)13-23(20)29-5/h6-10,12-13H,11,14H2,1-5H3,(H,25,26). The van der Waals surface area contributed by atoms with Crippen molar-refractivity contribution >= 4 is 5.91 Å². The van der Waals surface area contributed by atoms with Crippen LogP contribution in [-0.4, -0.2) is 27.2 Å². The molecule has 1 heterocycles. The largest absolute Gasteiger partial charge is 0.496 e. The number of benzene rings is 2. The Morgan fingerprint density at radius 3 is 2.20 bits per heavy atom. The smallest absolute Gasteiger partial charge is 0.287 e. The molecule has 0 saturated heterocycles. The molecule has 158 valence electrons. The van der Waals surface area contributed by atoms with Crippen molar-refractivity contribution < 1.29 is 23.4 Å². The molecule has 6 nitrogen and oxygen atoms in total. The van der Waals surface area contributed by atoms with E-state index in [4.69, 9.17) is 18.6 Å². The molecule has 1 N–H and O–H groups in total. The Labute approximate surface area is 176 Å². The molecule has 0 aliphatic rings. The first-order chi connectivity index (χ1) is 14.4. The number of methoxy groups -OCH3 is 3. The van der Waals surface area contributed by atoms with Gasteiger partial charge in [0.05, 0.1) is 21.3 Å². The molecule has 0 atom stereocenters. The van der Waals surface area contributed by atoms with E-state index in [1.54, 1.807) is 45.6 Å². The van der Waals surface area contributed by atoms with Gasteiger partial charge >= 0.3 is 0 Å². The Morgan fingerprint density at radius 2 is 1.60 bits per heavy atom. The number of hydrogen-bond acceptors (Lipinski definition) is 5. The number of rotatable bonds is 8. The SMILES string of the molecule is COc1cc(OC)c(Cc2ccc(C(=O)NCc3ccc(C)c(C)c3)o2)c(OC)c1. The zero-order valence-corrected chi connectivity index (χ0v) is 18.0. The van der Waals surface area contributed by atoms with E-state index in [0.717, 1.165) is 11.1 Å². The van der Waals surface area contributed by atoms with Crippen molar-refractivity contribution in [3.8, 4) is 17.2 Å². The summed E-state index contributed by atoms with van der Waals surface area (Å²) in [5.41, 5.74) is 4.29. The maximum absolute atomic E-state index is 12.5. The van der Waals surface area contributed by atoms with Crippen LogP contribution in [0.5, 0.6) is 17.2 Å². The summed E-state index contributed by atoms with van der Waals surface area (Å²) >= 11 is 0. The van der Waals surface area contributed by atoms with Gasteiger partial charge in [0, 0.05) is 30.7 Å². The summed E-state index contributed by atoms with van der Waals surface area (Å²) in [6, 6.07) is 13.2. The van der Waals surface area contributed by atoms with Crippen LogP contribution in [0.3, 0.4) is 0 Å². The van der Waals surface area contributed by atoms with E-state index in [-0.39, 0.29) is 11.7 Å². The van der Waals surface area contributed by atoms with Crippen LogP contribution >= 0.6 is 0 Å². The summed E-state index contributed by atoms with van der Waals surface area (Å²) in [7, 11) is 4.76. The fourth-order valence-corrected chi connectivity index (χ4v) is 3.20. The molecule has 0 spiro atoms. The predicted molar refractivity (Wildman–Crippen MR) is 115 cm³/mol. The molecule has 0 bridgehead atoms. The number of aryl methyl sites for hydroxylation is 2. The highest BCUT2D eigenvalue weighted by atomic mass is 16.5. The van der Waals surface area contributed by atoms with Crippen molar-refractivity contribution in [2.45, 2.75) is 26.8 Å². The van der Waals surface area contributed by atoms with Gasteiger partial charge < -0.3 is 23.9 Å². The molecule has 0 aliphatic heterocycles. The molecule has 0 unspecified atom stereocenters. The summed E-state index contributed by atoms with van der Waals surface area (Å²) in [4.78, 5) is 12.5. The second kappa shape index (κ2) is 9.39. The number of furan rings is 1. The van der Waals surface area contributed by atoms with Crippen LogP contribution < -0.4 is 19.5 Å². The molecular weight excluding hydrogens is 382 g/mol. The molecular formula is C24H27NO5. The number of carbonyl (C=O) groups is 1. The molecule has 0 radical (unpaired) electrons. The predicted octanol–water partition coefficient (Wildman–Crippen LogP) is 4.44. The van der Waals surface area contributed by atoms with E-state index >= 15 is 0 Å². The third kappa shape index (κ3) is 4.76. The highest BCUT2D eigenvalue weighted by molar-refractivity contribution is 5.91. The lowest BCUT2D eigenvalue weighted by Gasteiger charge is -2.14. The lowest BCUT2D eigenvalue weighted by Crippen LogP contribution is -2.22. The molecule has 3 rings (SSSR count). The minimum Gasteiger partial charge on any atom is -0.496 e. The Bertz CT molecular complexity index is 1010.